The molecule has 1 N–H and O–H groups in total. The van der Waals surface area contributed by atoms with Gasteiger partial charge in [0.1, 0.15) is 0 Å². The first-order valence-electron chi connectivity index (χ1n) is 7.17. The van der Waals surface area contributed by atoms with Crippen LogP contribution in [-0.2, 0) is 0 Å². The van der Waals surface area contributed by atoms with Gasteiger partial charge in [-0.1, -0.05) is 26.7 Å². The molecule has 0 aliphatic carbocycles. The van der Waals surface area contributed by atoms with Gasteiger partial charge in [-0.15, -0.1) is 0 Å². The molecule has 2 heteroatoms. The second-order valence-electron chi connectivity index (χ2n) is 5.55. The van der Waals surface area contributed by atoms with Gasteiger partial charge in [0, 0.05) is 12.1 Å². The summed E-state index contributed by atoms with van der Waals surface area (Å²) in [6, 6.07) is 1.42. The average molecular weight is 226 g/mol. The maximum atomic E-state index is 3.50. The third-order valence-electron chi connectivity index (χ3n) is 3.62. The Morgan fingerprint density at radius 3 is 2.19 bits per heavy atom. The topological polar surface area (TPSA) is 15.3 Å². The predicted molar refractivity (Wildman–Crippen MR) is 71.9 cm³/mol. The van der Waals surface area contributed by atoms with E-state index < -0.39 is 0 Å². The summed E-state index contributed by atoms with van der Waals surface area (Å²) >= 11 is 0. The minimum atomic E-state index is 0.633. The van der Waals surface area contributed by atoms with Crippen LogP contribution < -0.4 is 5.32 Å². The van der Waals surface area contributed by atoms with Crippen LogP contribution in [0, 0.1) is 0 Å². The quantitative estimate of drug-likeness (QED) is 0.700. The Balaban J connectivity index is 2.10. The van der Waals surface area contributed by atoms with E-state index in [1.807, 2.05) is 0 Å². The van der Waals surface area contributed by atoms with E-state index in [-0.39, 0.29) is 0 Å². The average Bonchev–Trinajstić information content (AvgIpc) is 2.52. The third-order valence-corrected chi connectivity index (χ3v) is 3.62. The second-order valence-corrected chi connectivity index (χ2v) is 5.55. The predicted octanol–water partition coefficient (Wildman–Crippen LogP) is 3.03. The lowest BCUT2D eigenvalue weighted by atomic mass is 10.1. The van der Waals surface area contributed by atoms with Crippen LogP contribution in [0.25, 0.3) is 0 Å². The minimum absolute atomic E-state index is 0.633. The van der Waals surface area contributed by atoms with Crippen molar-refractivity contribution in [2.45, 2.75) is 71.4 Å². The summed E-state index contributed by atoms with van der Waals surface area (Å²) in [6.07, 6.45) is 8.37. The first kappa shape index (κ1) is 14.0. The summed E-state index contributed by atoms with van der Waals surface area (Å²) in [4.78, 5) is 2.70. The maximum Gasteiger partial charge on any atom is 0.00674 e. The van der Waals surface area contributed by atoms with E-state index in [1.165, 1.54) is 58.2 Å². The van der Waals surface area contributed by atoms with E-state index in [1.54, 1.807) is 0 Å². The van der Waals surface area contributed by atoms with E-state index in [4.69, 9.17) is 0 Å². The molecule has 0 radical (unpaired) electrons. The zero-order valence-electron chi connectivity index (χ0n) is 11.5. The van der Waals surface area contributed by atoms with Crippen molar-refractivity contribution in [1.82, 2.24) is 10.2 Å². The van der Waals surface area contributed by atoms with Crippen molar-refractivity contribution in [2.75, 3.05) is 19.6 Å². The number of rotatable bonds is 6. The van der Waals surface area contributed by atoms with E-state index in [0.717, 1.165) is 6.04 Å². The number of nitrogens with one attached hydrogen (secondary N) is 1. The zero-order chi connectivity index (χ0) is 11.8. The molecule has 2 nitrogen and oxygen atoms in total. The molecule has 1 fully saturated rings. The van der Waals surface area contributed by atoms with Crippen molar-refractivity contribution < 1.29 is 0 Å². The first-order chi connectivity index (χ1) is 7.70. The van der Waals surface area contributed by atoms with Gasteiger partial charge in [0.25, 0.3) is 0 Å². The zero-order valence-corrected chi connectivity index (χ0v) is 11.5. The van der Waals surface area contributed by atoms with Gasteiger partial charge in [-0.3, -0.25) is 0 Å². The van der Waals surface area contributed by atoms with Crippen LogP contribution >= 0.6 is 0 Å². The van der Waals surface area contributed by atoms with Crippen molar-refractivity contribution >= 4 is 0 Å². The highest BCUT2D eigenvalue weighted by Crippen LogP contribution is 2.14. The summed E-state index contributed by atoms with van der Waals surface area (Å²) < 4.78 is 0. The molecule has 1 saturated heterocycles. The fraction of sp³-hybridized carbons (Fsp3) is 1.00. The standard InChI is InChI=1S/C14H30N2/c1-13(2)15-10-8-9-14(3)16-11-6-4-5-7-12-16/h13-15H,4-12H2,1-3H3. The molecule has 0 amide bonds. The summed E-state index contributed by atoms with van der Waals surface area (Å²) in [6.45, 7) is 10.7. The van der Waals surface area contributed by atoms with Crippen LogP contribution in [-0.4, -0.2) is 36.6 Å². The number of hydrogen-bond acceptors (Lipinski definition) is 2. The van der Waals surface area contributed by atoms with E-state index in [2.05, 4.69) is 31.0 Å². The molecule has 0 spiro atoms. The Bertz CT molecular complexity index is 160. The van der Waals surface area contributed by atoms with Crippen LogP contribution in [0.15, 0.2) is 0 Å². The van der Waals surface area contributed by atoms with Crippen LogP contribution in [0.5, 0.6) is 0 Å². The number of likely N-dealkylation sites (tertiary alicyclic amines) is 1. The highest BCUT2D eigenvalue weighted by molar-refractivity contribution is 4.70. The van der Waals surface area contributed by atoms with Crippen LogP contribution in [0.1, 0.15) is 59.3 Å². The Hall–Kier alpha value is -0.0800. The van der Waals surface area contributed by atoms with Crippen molar-refractivity contribution in [2.24, 2.45) is 0 Å². The Morgan fingerprint density at radius 2 is 1.62 bits per heavy atom. The van der Waals surface area contributed by atoms with Crippen molar-refractivity contribution in [3.05, 3.63) is 0 Å². The molecular formula is C14H30N2. The van der Waals surface area contributed by atoms with Crippen molar-refractivity contribution in [3.63, 3.8) is 0 Å². The second kappa shape index (κ2) is 8.08. The Labute approximate surface area is 102 Å². The highest BCUT2D eigenvalue weighted by atomic mass is 15.1. The summed E-state index contributed by atoms with van der Waals surface area (Å²) in [5.74, 6) is 0. The maximum absolute atomic E-state index is 3.50. The van der Waals surface area contributed by atoms with Crippen LogP contribution in [0.2, 0.25) is 0 Å². The molecule has 1 heterocycles. The Kier molecular flexibility index (Phi) is 7.06. The van der Waals surface area contributed by atoms with Gasteiger partial charge in [-0.05, 0) is 52.2 Å². The molecule has 96 valence electrons. The molecule has 16 heavy (non-hydrogen) atoms. The van der Waals surface area contributed by atoms with Crippen LogP contribution in [0.3, 0.4) is 0 Å². The molecule has 0 bridgehead atoms. The lowest BCUT2D eigenvalue weighted by Gasteiger charge is -2.27. The molecular weight excluding hydrogens is 196 g/mol. The van der Waals surface area contributed by atoms with E-state index >= 15 is 0 Å². The smallest absolute Gasteiger partial charge is 0.00674 e. The van der Waals surface area contributed by atoms with Gasteiger partial charge in [0.15, 0.2) is 0 Å². The third kappa shape index (κ3) is 5.86. The normalized spacial score (nSPS) is 21.0. The molecule has 1 aliphatic rings. The lowest BCUT2D eigenvalue weighted by Crippen LogP contribution is -2.34. The first-order valence-corrected chi connectivity index (χ1v) is 7.17. The van der Waals surface area contributed by atoms with E-state index in [0.29, 0.717) is 6.04 Å². The van der Waals surface area contributed by atoms with Gasteiger partial charge >= 0.3 is 0 Å². The molecule has 0 saturated carbocycles. The lowest BCUT2D eigenvalue weighted by molar-refractivity contribution is 0.204. The van der Waals surface area contributed by atoms with Gasteiger partial charge < -0.3 is 10.2 Å². The van der Waals surface area contributed by atoms with Crippen molar-refractivity contribution in [1.29, 1.82) is 0 Å². The molecule has 1 rings (SSSR count). The van der Waals surface area contributed by atoms with Crippen molar-refractivity contribution in [3.8, 4) is 0 Å². The summed E-state index contributed by atoms with van der Waals surface area (Å²) in [7, 11) is 0. The molecule has 0 aromatic heterocycles. The largest absolute Gasteiger partial charge is 0.315 e. The molecule has 0 aromatic rings. The molecule has 0 aromatic carbocycles. The molecule has 1 atom stereocenters. The fourth-order valence-electron chi connectivity index (χ4n) is 2.51. The van der Waals surface area contributed by atoms with Gasteiger partial charge in [0.05, 0.1) is 0 Å². The highest BCUT2D eigenvalue weighted by Gasteiger charge is 2.14. The molecule has 1 aliphatic heterocycles. The Morgan fingerprint density at radius 1 is 1.00 bits per heavy atom. The fourth-order valence-corrected chi connectivity index (χ4v) is 2.51. The molecule has 1 unspecified atom stereocenters. The van der Waals surface area contributed by atoms with Crippen LogP contribution in [0.4, 0.5) is 0 Å². The summed E-state index contributed by atoms with van der Waals surface area (Å²) in [5, 5.41) is 3.50. The monoisotopic (exact) mass is 226 g/mol. The number of nitrogens with zero attached hydrogens (tertiary/aromatic N) is 1. The summed E-state index contributed by atoms with van der Waals surface area (Å²) in [5.41, 5.74) is 0. The van der Waals surface area contributed by atoms with Gasteiger partial charge in [-0.25, -0.2) is 0 Å². The SMILES string of the molecule is CC(C)NCCCC(C)N1CCCCCC1. The van der Waals surface area contributed by atoms with E-state index in [9.17, 15) is 0 Å². The van der Waals surface area contributed by atoms with Gasteiger partial charge in [-0.2, -0.15) is 0 Å². The van der Waals surface area contributed by atoms with Gasteiger partial charge in [0.2, 0.25) is 0 Å². The number of hydrogen-bond donors (Lipinski definition) is 1. The minimum Gasteiger partial charge on any atom is -0.315 e.